The van der Waals surface area contributed by atoms with Gasteiger partial charge in [-0.3, -0.25) is 0 Å². The van der Waals surface area contributed by atoms with Gasteiger partial charge >= 0.3 is 121 Å². The van der Waals surface area contributed by atoms with Crippen LogP contribution >= 0.6 is 0 Å². The Morgan fingerprint density at radius 2 is 1.00 bits per heavy atom. The van der Waals surface area contributed by atoms with Crippen LogP contribution in [0.1, 0.15) is 51.4 Å². The van der Waals surface area contributed by atoms with Gasteiger partial charge in [0.05, 0.1) is 0 Å². The minimum Gasteiger partial charge on any atom is -0.418 e. The molecule has 2 aliphatic carbocycles. The first-order valence-electron chi connectivity index (χ1n) is 7.61. The quantitative estimate of drug-likeness (QED) is 0.237. The third-order valence-electron chi connectivity index (χ3n) is 3.00. The Labute approximate surface area is 138 Å². The summed E-state index contributed by atoms with van der Waals surface area (Å²) in [6.07, 6.45) is 24.7. The summed E-state index contributed by atoms with van der Waals surface area (Å²) in [7, 11) is -6.00. The Morgan fingerprint density at radius 3 is 1.41 bits per heavy atom. The Bertz CT molecular complexity index is 396. The molecule has 0 saturated carbocycles. The fourth-order valence-electron chi connectivity index (χ4n) is 2.05. The van der Waals surface area contributed by atoms with Gasteiger partial charge in [-0.1, -0.05) is 0 Å². The standard InChI is InChI=1S/2C8H11.BF4.Ir/c2*1-2-4-6-8-7-5-3-1;2-1(3,4)5;/h2*1-2,7H,3-6H2;;/q;;-1;+1/b2*2-1-,8-7?;;. The van der Waals surface area contributed by atoms with Crippen LogP contribution in [0.15, 0.2) is 44.6 Å². The van der Waals surface area contributed by atoms with Crippen molar-refractivity contribution in [3.05, 3.63) is 44.6 Å². The molecule has 0 amide bonds. The van der Waals surface area contributed by atoms with Crippen molar-refractivity contribution < 1.29 is 35.0 Å². The second-order valence-electron chi connectivity index (χ2n) is 5.00. The summed E-state index contributed by atoms with van der Waals surface area (Å²) in [5.74, 6) is 0. The first-order chi connectivity index (χ1) is 10.4. The molecular formula is C16H22BF4Ir. The maximum Gasteiger partial charge on any atom is 0.673 e. The Morgan fingerprint density at radius 1 is 0.636 bits per heavy atom. The van der Waals surface area contributed by atoms with Crippen molar-refractivity contribution >= 4 is 7.25 Å². The zero-order chi connectivity index (χ0) is 16.3. The molecule has 0 bridgehead atoms. The number of hydrogen-bond donors (Lipinski definition) is 0. The van der Waals surface area contributed by atoms with Crippen LogP contribution < -0.4 is 0 Å². The van der Waals surface area contributed by atoms with Crippen molar-refractivity contribution in [3.8, 4) is 0 Å². The monoisotopic (exact) mass is 494 g/mol. The molecule has 0 aromatic heterocycles. The van der Waals surface area contributed by atoms with E-state index < -0.39 is 7.25 Å². The number of rotatable bonds is 2. The van der Waals surface area contributed by atoms with Crippen LogP contribution in [0.4, 0.5) is 17.3 Å². The molecule has 0 aliphatic heterocycles. The van der Waals surface area contributed by atoms with E-state index in [1.165, 1.54) is 51.4 Å². The van der Waals surface area contributed by atoms with Gasteiger partial charge in [-0.25, -0.2) is 0 Å². The van der Waals surface area contributed by atoms with Gasteiger partial charge in [-0.15, -0.1) is 0 Å². The molecule has 126 valence electrons. The van der Waals surface area contributed by atoms with E-state index >= 15 is 0 Å². The minimum absolute atomic E-state index is 0.0328. The summed E-state index contributed by atoms with van der Waals surface area (Å²) in [5, 5.41) is 0. The van der Waals surface area contributed by atoms with Crippen molar-refractivity contribution in [1.82, 2.24) is 0 Å². The van der Waals surface area contributed by atoms with E-state index in [-0.39, 0.29) is 17.7 Å². The fraction of sp³-hybridized carbons (Fsp3) is 0.500. The largest absolute Gasteiger partial charge is 0.673 e. The average molecular weight is 493 g/mol. The summed E-state index contributed by atoms with van der Waals surface area (Å²) in [6.45, 7) is 0. The van der Waals surface area contributed by atoms with Gasteiger partial charge in [0, 0.05) is 0 Å². The van der Waals surface area contributed by atoms with E-state index in [1.54, 1.807) is 8.17 Å². The summed E-state index contributed by atoms with van der Waals surface area (Å²) >= 11 is 0.0328. The maximum atomic E-state index is 9.75. The summed E-state index contributed by atoms with van der Waals surface area (Å²) in [5.41, 5.74) is 0. The van der Waals surface area contributed by atoms with Crippen molar-refractivity contribution in [3.63, 3.8) is 0 Å². The van der Waals surface area contributed by atoms with Gasteiger partial charge in [0.1, 0.15) is 0 Å². The smallest absolute Gasteiger partial charge is 0.418 e. The first-order valence-corrected chi connectivity index (χ1v) is 10.0. The van der Waals surface area contributed by atoms with Gasteiger partial charge in [-0.2, -0.15) is 0 Å². The van der Waals surface area contributed by atoms with Crippen molar-refractivity contribution in [2.45, 2.75) is 51.4 Å². The second-order valence-corrected chi connectivity index (χ2v) is 8.67. The van der Waals surface area contributed by atoms with Crippen LogP contribution in [0.3, 0.4) is 0 Å². The molecule has 22 heavy (non-hydrogen) atoms. The molecule has 0 spiro atoms. The molecule has 2 rings (SSSR count). The molecule has 0 aromatic rings. The number of halogens is 4. The predicted molar refractivity (Wildman–Crippen MR) is 81.6 cm³/mol. The molecule has 6 heteroatoms. The van der Waals surface area contributed by atoms with E-state index in [1.807, 2.05) is 0 Å². The second kappa shape index (κ2) is 11.0. The maximum absolute atomic E-state index is 9.75. The molecule has 0 fully saturated rings. The van der Waals surface area contributed by atoms with Crippen LogP contribution in [0.2, 0.25) is 0 Å². The zero-order valence-corrected chi connectivity index (χ0v) is 14.9. The molecule has 0 radical (unpaired) electrons. The Hall–Kier alpha value is -0.606. The molecule has 0 heterocycles. The van der Waals surface area contributed by atoms with E-state index in [0.29, 0.717) is 0 Å². The molecule has 0 aromatic carbocycles. The topological polar surface area (TPSA) is 0 Å². The van der Waals surface area contributed by atoms with E-state index in [2.05, 4.69) is 36.5 Å². The SMILES string of the molecule is C1=C\CC/[C]([Ir+]/[C]2=C/CC/C=C\CC2)=C\CC/1.F[B-](F)(F)F. The van der Waals surface area contributed by atoms with E-state index in [0.717, 1.165) is 0 Å². The normalized spacial score (nSPS) is 27.5. The van der Waals surface area contributed by atoms with Gasteiger partial charge in [-0.05, 0) is 0 Å². The molecule has 0 atom stereocenters. The predicted octanol–water partition coefficient (Wildman–Crippen LogP) is 6.40. The number of hydrogen-bond acceptors (Lipinski definition) is 0. The van der Waals surface area contributed by atoms with E-state index in [9.17, 15) is 17.3 Å². The minimum atomic E-state index is -6.00. The van der Waals surface area contributed by atoms with Crippen LogP contribution in [0.25, 0.3) is 0 Å². The molecular weight excluding hydrogens is 471 g/mol. The molecule has 2 aliphatic rings. The van der Waals surface area contributed by atoms with Gasteiger partial charge in [0.25, 0.3) is 0 Å². The molecule has 0 saturated heterocycles. The average Bonchev–Trinajstić information content (AvgIpc) is 2.32. The Balaban J connectivity index is 0.000000422. The summed E-state index contributed by atoms with van der Waals surface area (Å²) < 4.78 is 42.6. The van der Waals surface area contributed by atoms with Crippen LogP contribution in [0, 0.1) is 0 Å². The van der Waals surface area contributed by atoms with Gasteiger partial charge in [0.2, 0.25) is 0 Å². The molecule has 0 N–H and O–H groups in total. The van der Waals surface area contributed by atoms with Crippen molar-refractivity contribution in [1.29, 1.82) is 0 Å². The molecule has 0 unspecified atom stereocenters. The first kappa shape index (κ1) is 19.4. The van der Waals surface area contributed by atoms with Crippen molar-refractivity contribution in [2.24, 2.45) is 0 Å². The van der Waals surface area contributed by atoms with Gasteiger partial charge < -0.3 is 17.3 Å². The fourth-order valence-corrected chi connectivity index (χ4v) is 5.51. The van der Waals surface area contributed by atoms with Crippen LogP contribution in [-0.2, 0) is 17.7 Å². The molecule has 0 nitrogen and oxygen atoms in total. The summed E-state index contributed by atoms with van der Waals surface area (Å²) in [6, 6.07) is 0. The third-order valence-corrected chi connectivity index (χ3v) is 6.72. The number of allylic oxidation sites excluding steroid dienone is 8. The summed E-state index contributed by atoms with van der Waals surface area (Å²) in [4.78, 5) is 0. The Kier molecular flexibility index (Phi) is 9.73. The van der Waals surface area contributed by atoms with Crippen molar-refractivity contribution in [2.75, 3.05) is 0 Å². The van der Waals surface area contributed by atoms with E-state index in [4.69, 9.17) is 0 Å². The van der Waals surface area contributed by atoms with Gasteiger partial charge in [0.15, 0.2) is 0 Å². The van der Waals surface area contributed by atoms with Crippen LogP contribution in [-0.4, -0.2) is 7.25 Å². The third kappa shape index (κ3) is 12.0. The zero-order valence-electron chi connectivity index (χ0n) is 12.5. The van der Waals surface area contributed by atoms with Crippen LogP contribution in [0.5, 0.6) is 0 Å².